The first-order valence-corrected chi connectivity index (χ1v) is 6.71. The molecule has 1 heterocycles. The van der Waals surface area contributed by atoms with E-state index in [0.717, 1.165) is 30.9 Å². The minimum absolute atomic E-state index is 0.523. The second-order valence-corrected chi connectivity index (χ2v) is 4.92. The first kappa shape index (κ1) is 12.1. The van der Waals surface area contributed by atoms with Crippen molar-refractivity contribution in [1.29, 1.82) is 0 Å². The maximum Gasteiger partial charge on any atom is 0.122 e. The SMILES string of the molecule is COc1ccc2c(c1)C[C@@H](c1ccccc1)CCO2. The normalized spacial score (nSPS) is 18.1. The molecule has 0 aliphatic carbocycles. The summed E-state index contributed by atoms with van der Waals surface area (Å²) in [4.78, 5) is 0. The Morgan fingerprint density at radius 1 is 1.11 bits per heavy atom. The first-order valence-electron chi connectivity index (χ1n) is 6.71. The summed E-state index contributed by atoms with van der Waals surface area (Å²) in [5.41, 5.74) is 2.63. The van der Waals surface area contributed by atoms with Crippen molar-refractivity contribution < 1.29 is 9.47 Å². The maximum atomic E-state index is 5.84. The highest BCUT2D eigenvalue weighted by Gasteiger charge is 2.19. The monoisotopic (exact) mass is 254 g/mol. The summed E-state index contributed by atoms with van der Waals surface area (Å²) in [6.07, 6.45) is 2.07. The molecule has 0 saturated carbocycles. The Hall–Kier alpha value is -1.96. The minimum Gasteiger partial charge on any atom is -0.497 e. The molecule has 1 aliphatic rings. The van der Waals surface area contributed by atoms with E-state index in [4.69, 9.17) is 9.47 Å². The van der Waals surface area contributed by atoms with Crippen LogP contribution in [0.2, 0.25) is 0 Å². The number of fused-ring (bicyclic) bond motifs is 1. The molecular formula is C17H18O2. The minimum atomic E-state index is 0.523. The Morgan fingerprint density at radius 3 is 2.74 bits per heavy atom. The number of ether oxygens (including phenoxy) is 2. The molecule has 0 unspecified atom stereocenters. The lowest BCUT2D eigenvalue weighted by atomic mass is 9.90. The highest BCUT2D eigenvalue weighted by molar-refractivity contribution is 5.42. The van der Waals surface area contributed by atoms with Gasteiger partial charge in [0.2, 0.25) is 0 Å². The molecule has 0 bridgehead atoms. The van der Waals surface area contributed by atoms with Gasteiger partial charge in [-0.2, -0.15) is 0 Å². The summed E-state index contributed by atoms with van der Waals surface area (Å²) in [5, 5.41) is 0. The summed E-state index contributed by atoms with van der Waals surface area (Å²) in [5.74, 6) is 2.42. The van der Waals surface area contributed by atoms with Gasteiger partial charge in [-0.05, 0) is 48.1 Å². The fraction of sp³-hybridized carbons (Fsp3) is 0.294. The van der Waals surface area contributed by atoms with E-state index in [2.05, 4.69) is 36.4 Å². The van der Waals surface area contributed by atoms with Gasteiger partial charge in [-0.25, -0.2) is 0 Å². The fourth-order valence-corrected chi connectivity index (χ4v) is 2.67. The van der Waals surface area contributed by atoms with E-state index in [0.29, 0.717) is 5.92 Å². The molecule has 2 nitrogen and oxygen atoms in total. The van der Waals surface area contributed by atoms with Crippen molar-refractivity contribution in [2.24, 2.45) is 0 Å². The van der Waals surface area contributed by atoms with E-state index in [9.17, 15) is 0 Å². The van der Waals surface area contributed by atoms with Gasteiger partial charge in [-0.3, -0.25) is 0 Å². The highest BCUT2D eigenvalue weighted by Crippen LogP contribution is 2.34. The van der Waals surface area contributed by atoms with Crippen LogP contribution in [0.4, 0.5) is 0 Å². The highest BCUT2D eigenvalue weighted by atomic mass is 16.5. The molecule has 2 aromatic carbocycles. The van der Waals surface area contributed by atoms with Gasteiger partial charge in [0.05, 0.1) is 13.7 Å². The van der Waals surface area contributed by atoms with E-state index in [1.807, 2.05) is 12.1 Å². The number of methoxy groups -OCH3 is 1. The second-order valence-electron chi connectivity index (χ2n) is 4.92. The molecule has 19 heavy (non-hydrogen) atoms. The molecule has 0 spiro atoms. The number of hydrogen-bond donors (Lipinski definition) is 0. The lowest BCUT2D eigenvalue weighted by molar-refractivity contribution is 0.309. The van der Waals surface area contributed by atoms with Crippen LogP contribution in [0.25, 0.3) is 0 Å². The lowest BCUT2D eigenvalue weighted by Gasteiger charge is -2.14. The quantitative estimate of drug-likeness (QED) is 0.811. The third-order valence-electron chi connectivity index (χ3n) is 3.73. The average molecular weight is 254 g/mol. The van der Waals surface area contributed by atoms with E-state index in [-0.39, 0.29) is 0 Å². The molecule has 0 radical (unpaired) electrons. The van der Waals surface area contributed by atoms with Crippen molar-refractivity contribution in [1.82, 2.24) is 0 Å². The van der Waals surface area contributed by atoms with Crippen LogP contribution in [0.5, 0.6) is 11.5 Å². The molecule has 2 heteroatoms. The standard InChI is InChI=1S/C17H18O2/c1-18-16-7-8-17-15(12-16)11-14(9-10-19-17)13-5-3-2-4-6-13/h2-8,12,14H,9-11H2,1H3/t14-/m0/s1. The summed E-state index contributed by atoms with van der Waals surface area (Å²) in [6.45, 7) is 0.777. The first-order chi connectivity index (χ1) is 9.36. The van der Waals surface area contributed by atoms with E-state index < -0.39 is 0 Å². The predicted molar refractivity (Wildman–Crippen MR) is 76.0 cm³/mol. The van der Waals surface area contributed by atoms with Gasteiger partial charge in [-0.1, -0.05) is 30.3 Å². The van der Waals surface area contributed by atoms with Crippen LogP contribution in [-0.2, 0) is 6.42 Å². The summed E-state index contributed by atoms with van der Waals surface area (Å²) >= 11 is 0. The zero-order valence-corrected chi connectivity index (χ0v) is 11.1. The van der Waals surface area contributed by atoms with Crippen LogP contribution in [0.3, 0.4) is 0 Å². The number of benzene rings is 2. The Labute approximate surface area is 114 Å². The molecule has 2 aromatic rings. The van der Waals surface area contributed by atoms with E-state index in [1.165, 1.54) is 11.1 Å². The topological polar surface area (TPSA) is 18.5 Å². The smallest absolute Gasteiger partial charge is 0.122 e. The molecule has 0 amide bonds. The molecule has 0 N–H and O–H groups in total. The Balaban J connectivity index is 1.91. The molecule has 0 saturated heterocycles. The fourth-order valence-electron chi connectivity index (χ4n) is 2.67. The van der Waals surface area contributed by atoms with Crippen LogP contribution in [-0.4, -0.2) is 13.7 Å². The largest absolute Gasteiger partial charge is 0.497 e. The third-order valence-corrected chi connectivity index (χ3v) is 3.73. The van der Waals surface area contributed by atoms with Crippen molar-refractivity contribution in [2.75, 3.05) is 13.7 Å². The van der Waals surface area contributed by atoms with Crippen LogP contribution in [0, 0.1) is 0 Å². The molecule has 0 fully saturated rings. The van der Waals surface area contributed by atoms with Crippen LogP contribution < -0.4 is 9.47 Å². The molecule has 0 aromatic heterocycles. The van der Waals surface area contributed by atoms with Gasteiger partial charge >= 0.3 is 0 Å². The molecule has 1 aliphatic heterocycles. The molecule has 1 atom stereocenters. The molecule has 3 rings (SSSR count). The third kappa shape index (κ3) is 2.58. The second kappa shape index (κ2) is 5.35. The van der Waals surface area contributed by atoms with Gasteiger partial charge in [0.1, 0.15) is 11.5 Å². The van der Waals surface area contributed by atoms with Crippen LogP contribution in [0.1, 0.15) is 23.5 Å². The number of rotatable bonds is 2. The van der Waals surface area contributed by atoms with Crippen molar-refractivity contribution >= 4 is 0 Å². The predicted octanol–water partition coefficient (Wildman–Crippen LogP) is 3.80. The van der Waals surface area contributed by atoms with E-state index >= 15 is 0 Å². The summed E-state index contributed by atoms with van der Waals surface area (Å²) in [6, 6.07) is 16.8. The van der Waals surface area contributed by atoms with Crippen molar-refractivity contribution in [2.45, 2.75) is 18.8 Å². The zero-order valence-electron chi connectivity index (χ0n) is 11.1. The van der Waals surface area contributed by atoms with Gasteiger partial charge in [0.15, 0.2) is 0 Å². The zero-order chi connectivity index (χ0) is 13.1. The summed E-state index contributed by atoms with van der Waals surface area (Å²) < 4.78 is 11.2. The van der Waals surface area contributed by atoms with Gasteiger partial charge in [0.25, 0.3) is 0 Å². The number of hydrogen-bond acceptors (Lipinski definition) is 2. The van der Waals surface area contributed by atoms with Crippen molar-refractivity contribution in [3.05, 3.63) is 59.7 Å². The van der Waals surface area contributed by atoms with Gasteiger partial charge in [0, 0.05) is 0 Å². The Bertz CT molecular complexity index is 548. The van der Waals surface area contributed by atoms with Crippen molar-refractivity contribution in [3.63, 3.8) is 0 Å². The maximum absolute atomic E-state index is 5.84. The van der Waals surface area contributed by atoms with Gasteiger partial charge < -0.3 is 9.47 Å². The average Bonchev–Trinajstić information content (AvgIpc) is 2.69. The van der Waals surface area contributed by atoms with Crippen molar-refractivity contribution in [3.8, 4) is 11.5 Å². The van der Waals surface area contributed by atoms with E-state index in [1.54, 1.807) is 7.11 Å². The Kier molecular flexibility index (Phi) is 3.41. The summed E-state index contributed by atoms with van der Waals surface area (Å²) in [7, 11) is 1.70. The van der Waals surface area contributed by atoms with Crippen LogP contribution in [0.15, 0.2) is 48.5 Å². The lowest BCUT2D eigenvalue weighted by Crippen LogP contribution is -2.03. The van der Waals surface area contributed by atoms with Gasteiger partial charge in [-0.15, -0.1) is 0 Å². The Morgan fingerprint density at radius 2 is 1.95 bits per heavy atom. The van der Waals surface area contributed by atoms with Crippen LogP contribution >= 0.6 is 0 Å². The molecule has 98 valence electrons. The molecular weight excluding hydrogens is 236 g/mol.